The minimum Gasteiger partial charge on any atom is -0.329 e. The number of thiophene rings is 1. The molecule has 1 amide bonds. The minimum absolute atomic E-state index is 0.0732. The van der Waals surface area contributed by atoms with Crippen LogP contribution in [0.1, 0.15) is 35.3 Å². The lowest BCUT2D eigenvalue weighted by molar-refractivity contribution is 0.0686. The number of carbonyl (C=O) groups excluding carboxylic acids is 1. The van der Waals surface area contributed by atoms with Crippen molar-refractivity contribution in [2.45, 2.75) is 31.8 Å². The van der Waals surface area contributed by atoms with E-state index in [1.807, 2.05) is 0 Å². The standard InChI is InChI=1S/C16H20N4OS/c21-15(13-1-5-18-19-13)20(10-12-2-8-22-11-12)14-9-16(14)3-6-17-7-4-16/h1-2,5,8,11,14,17H,3-4,6-7,9-10H2,(H,18,19). The first-order valence-electron chi connectivity index (χ1n) is 7.81. The molecule has 5 nitrogen and oxygen atoms in total. The van der Waals surface area contributed by atoms with Crippen LogP contribution < -0.4 is 5.32 Å². The molecule has 1 atom stereocenters. The van der Waals surface area contributed by atoms with Crippen molar-refractivity contribution >= 4 is 17.2 Å². The molecule has 0 aromatic carbocycles. The van der Waals surface area contributed by atoms with E-state index in [9.17, 15) is 4.79 Å². The lowest BCUT2D eigenvalue weighted by Gasteiger charge is -2.29. The number of hydrogen-bond acceptors (Lipinski definition) is 4. The number of nitrogens with zero attached hydrogens (tertiary/aromatic N) is 2. The first-order chi connectivity index (χ1) is 10.8. The summed E-state index contributed by atoms with van der Waals surface area (Å²) in [6.45, 7) is 2.84. The van der Waals surface area contributed by atoms with Crippen molar-refractivity contribution < 1.29 is 4.79 Å². The maximum Gasteiger partial charge on any atom is 0.272 e. The van der Waals surface area contributed by atoms with E-state index in [0.717, 1.165) is 19.5 Å². The lowest BCUT2D eigenvalue weighted by Crippen LogP contribution is -2.39. The highest BCUT2D eigenvalue weighted by atomic mass is 32.1. The molecule has 116 valence electrons. The van der Waals surface area contributed by atoms with Crippen LogP contribution in [0.25, 0.3) is 0 Å². The van der Waals surface area contributed by atoms with Gasteiger partial charge in [0.25, 0.3) is 5.91 Å². The van der Waals surface area contributed by atoms with Crippen LogP contribution in [-0.2, 0) is 6.54 Å². The molecule has 2 N–H and O–H groups in total. The zero-order valence-corrected chi connectivity index (χ0v) is 13.2. The van der Waals surface area contributed by atoms with Crippen LogP contribution in [0.5, 0.6) is 0 Å². The molecule has 0 bridgehead atoms. The van der Waals surface area contributed by atoms with Gasteiger partial charge in [0.1, 0.15) is 5.69 Å². The summed E-state index contributed by atoms with van der Waals surface area (Å²) in [5.41, 5.74) is 2.15. The molecule has 4 rings (SSSR count). The van der Waals surface area contributed by atoms with E-state index in [1.165, 1.54) is 18.4 Å². The monoisotopic (exact) mass is 316 g/mol. The molecule has 22 heavy (non-hydrogen) atoms. The van der Waals surface area contributed by atoms with Crippen molar-refractivity contribution in [3.8, 4) is 0 Å². The van der Waals surface area contributed by atoms with Crippen LogP contribution >= 0.6 is 11.3 Å². The number of nitrogens with one attached hydrogen (secondary N) is 2. The van der Waals surface area contributed by atoms with E-state index in [4.69, 9.17) is 0 Å². The van der Waals surface area contributed by atoms with Crippen molar-refractivity contribution in [2.24, 2.45) is 5.41 Å². The molecule has 0 radical (unpaired) electrons. The number of aromatic amines is 1. The van der Waals surface area contributed by atoms with E-state index in [-0.39, 0.29) is 5.91 Å². The highest BCUT2D eigenvalue weighted by Crippen LogP contribution is 2.56. The van der Waals surface area contributed by atoms with Gasteiger partial charge in [-0.3, -0.25) is 9.89 Å². The first kappa shape index (κ1) is 14.0. The van der Waals surface area contributed by atoms with Gasteiger partial charge < -0.3 is 10.2 Å². The summed E-state index contributed by atoms with van der Waals surface area (Å²) < 4.78 is 0. The van der Waals surface area contributed by atoms with Crippen molar-refractivity contribution in [1.82, 2.24) is 20.4 Å². The number of rotatable bonds is 4. The summed E-state index contributed by atoms with van der Waals surface area (Å²) in [7, 11) is 0. The second kappa shape index (κ2) is 5.52. The van der Waals surface area contributed by atoms with Gasteiger partial charge >= 0.3 is 0 Å². The van der Waals surface area contributed by atoms with Crippen molar-refractivity contribution in [3.63, 3.8) is 0 Å². The van der Waals surface area contributed by atoms with Gasteiger partial charge in [-0.05, 0) is 66.2 Å². The fourth-order valence-electron chi connectivity index (χ4n) is 3.66. The zero-order chi connectivity index (χ0) is 15.0. The van der Waals surface area contributed by atoms with Gasteiger partial charge in [0.15, 0.2) is 0 Å². The number of piperidine rings is 1. The highest BCUT2D eigenvalue weighted by molar-refractivity contribution is 7.07. The molecule has 3 heterocycles. The molecule has 1 saturated carbocycles. The summed E-state index contributed by atoms with van der Waals surface area (Å²) in [5.74, 6) is 0.0732. The van der Waals surface area contributed by atoms with Gasteiger partial charge in [-0.1, -0.05) is 0 Å². The van der Waals surface area contributed by atoms with Gasteiger partial charge in [-0.2, -0.15) is 16.4 Å². The second-order valence-electron chi connectivity index (χ2n) is 6.37. The van der Waals surface area contributed by atoms with Crippen LogP contribution in [-0.4, -0.2) is 40.1 Å². The Morgan fingerprint density at radius 1 is 1.41 bits per heavy atom. The summed E-state index contributed by atoms with van der Waals surface area (Å²) in [6, 6.07) is 4.24. The van der Waals surface area contributed by atoms with E-state index < -0.39 is 0 Å². The molecule has 1 unspecified atom stereocenters. The molecular weight excluding hydrogens is 296 g/mol. The van der Waals surface area contributed by atoms with Gasteiger partial charge in [0.05, 0.1) is 0 Å². The smallest absolute Gasteiger partial charge is 0.272 e. The van der Waals surface area contributed by atoms with Crippen LogP contribution in [0.2, 0.25) is 0 Å². The van der Waals surface area contributed by atoms with Gasteiger partial charge in [0, 0.05) is 18.8 Å². The Labute approximate surface area is 133 Å². The van der Waals surface area contributed by atoms with Crippen LogP contribution in [0.15, 0.2) is 29.1 Å². The molecule has 2 aromatic heterocycles. The van der Waals surface area contributed by atoms with Crippen molar-refractivity contribution in [1.29, 1.82) is 0 Å². The highest BCUT2D eigenvalue weighted by Gasteiger charge is 2.57. The molecule has 1 aliphatic heterocycles. The molecule has 1 aliphatic carbocycles. The Morgan fingerprint density at radius 3 is 2.95 bits per heavy atom. The number of aromatic nitrogens is 2. The molecule has 2 aromatic rings. The number of carbonyl (C=O) groups is 1. The Balaban J connectivity index is 1.57. The largest absolute Gasteiger partial charge is 0.329 e. The Hall–Kier alpha value is -1.66. The average molecular weight is 316 g/mol. The maximum absolute atomic E-state index is 12.9. The molecule has 2 fully saturated rings. The predicted octanol–water partition coefficient (Wildman–Crippen LogP) is 2.26. The minimum atomic E-state index is 0.0732. The van der Waals surface area contributed by atoms with Crippen LogP contribution in [0.4, 0.5) is 0 Å². The zero-order valence-electron chi connectivity index (χ0n) is 12.4. The third-order valence-electron chi connectivity index (χ3n) is 5.05. The predicted molar refractivity (Wildman–Crippen MR) is 85.7 cm³/mol. The fraction of sp³-hybridized carbons (Fsp3) is 0.500. The molecular formula is C16H20N4OS. The topological polar surface area (TPSA) is 61.0 Å². The average Bonchev–Trinajstić information content (AvgIpc) is 3.02. The molecule has 1 spiro atoms. The van der Waals surface area contributed by atoms with Gasteiger partial charge in [-0.25, -0.2) is 0 Å². The molecule has 2 aliphatic rings. The van der Waals surface area contributed by atoms with E-state index in [2.05, 4.69) is 37.2 Å². The first-order valence-corrected chi connectivity index (χ1v) is 8.75. The summed E-state index contributed by atoms with van der Waals surface area (Å²) in [6.07, 6.45) is 5.13. The van der Waals surface area contributed by atoms with E-state index in [0.29, 0.717) is 23.7 Å². The van der Waals surface area contributed by atoms with Crippen molar-refractivity contribution in [2.75, 3.05) is 13.1 Å². The van der Waals surface area contributed by atoms with E-state index in [1.54, 1.807) is 23.6 Å². The van der Waals surface area contributed by atoms with Gasteiger partial charge in [0.2, 0.25) is 0 Å². The summed E-state index contributed by atoms with van der Waals surface area (Å²) in [4.78, 5) is 14.9. The Kier molecular flexibility index (Phi) is 3.50. The normalized spacial score (nSPS) is 22.6. The quantitative estimate of drug-likeness (QED) is 0.909. The Bertz CT molecular complexity index is 631. The van der Waals surface area contributed by atoms with Crippen molar-refractivity contribution in [3.05, 3.63) is 40.3 Å². The maximum atomic E-state index is 12.9. The molecule has 1 saturated heterocycles. The number of hydrogen-bond donors (Lipinski definition) is 2. The van der Waals surface area contributed by atoms with E-state index >= 15 is 0 Å². The third kappa shape index (κ3) is 2.46. The number of amides is 1. The lowest BCUT2D eigenvalue weighted by atomic mass is 9.93. The van der Waals surface area contributed by atoms with Crippen LogP contribution in [0, 0.1) is 5.41 Å². The number of H-pyrrole nitrogens is 1. The fourth-order valence-corrected chi connectivity index (χ4v) is 4.32. The van der Waals surface area contributed by atoms with Crippen LogP contribution in [0.3, 0.4) is 0 Å². The second-order valence-corrected chi connectivity index (χ2v) is 7.15. The summed E-state index contributed by atoms with van der Waals surface area (Å²) in [5, 5.41) is 14.4. The Morgan fingerprint density at radius 2 is 2.27 bits per heavy atom. The van der Waals surface area contributed by atoms with Gasteiger partial charge in [-0.15, -0.1) is 0 Å². The third-order valence-corrected chi connectivity index (χ3v) is 5.78. The molecule has 6 heteroatoms. The summed E-state index contributed by atoms with van der Waals surface area (Å²) >= 11 is 1.68. The SMILES string of the molecule is O=C(c1ccn[nH]1)N(Cc1ccsc1)C1CC12CCNCC2.